The van der Waals surface area contributed by atoms with Crippen molar-refractivity contribution in [1.82, 2.24) is 15.2 Å². The number of nitrogens with one attached hydrogen (secondary N) is 2. The highest BCUT2D eigenvalue weighted by atomic mass is 15.2. The molecule has 3 heterocycles. The van der Waals surface area contributed by atoms with Crippen molar-refractivity contribution in [2.45, 2.75) is 32.9 Å². The van der Waals surface area contributed by atoms with Crippen LogP contribution in [0.3, 0.4) is 0 Å². The van der Waals surface area contributed by atoms with E-state index in [4.69, 9.17) is 0 Å². The van der Waals surface area contributed by atoms with E-state index < -0.39 is 0 Å². The minimum absolute atomic E-state index is 0.698. The molecule has 2 saturated heterocycles. The van der Waals surface area contributed by atoms with Gasteiger partial charge in [-0.25, -0.2) is 0 Å². The van der Waals surface area contributed by atoms with E-state index in [0.717, 1.165) is 24.8 Å². The summed E-state index contributed by atoms with van der Waals surface area (Å²) in [5, 5.41) is 4.96. The molecule has 0 bridgehead atoms. The molecule has 1 aromatic heterocycles. The number of nitrogens with zero attached hydrogens (tertiary/aromatic N) is 1. The van der Waals surface area contributed by atoms with E-state index in [1.54, 1.807) is 0 Å². The Morgan fingerprint density at radius 3 is 2.95 bits per heavy atom. The van der Waals surface area contributed by atoms with Gasteiger partial charge in [-0.1, -0.05) is 25.1 Å². The molecule has 3 unspecified atom stereocenters. The number of hydrogen-bond acceptors (Lipinski definition) is 2. The van der Waals surface area contributed by atoms with Crippen molar-refractivity contribution in [1.29, 1.82) is 0 Å². The Bertz CT molecular complexity index is 645. The molecule has 2 fully saturated rings. The van der Waals surface area contributed by atoms with E-state index in [0.29, 0.717) is 6.04 Å². The summed E-state index contributed by atoms with van der Waals surface area (Å²) in [5.74, 6) is 1.71. The van der Waals surface area contributed by atoms with Crippen LogP contribution in [0.4, 0.5) is 0 Å². The fraction of sp³-hybridized carbons (Fsp3) is 0.556. The largest absolute Gasteiger partial charge is 0.361 e. The summed E-state index contributed by atoms with van der Waals surface area (Å²) < 4.78 is 0. The third-order valence-corrected chi connectivity index (χ3v) is 5.70. The molecule has 0 amide bonds. The zero-order chi connectivity index (χ0) is 14.4. The van der Waals surface area contributed by atoms with Gasteiger partial charge in [0.05, 0.1) is 0 Å². The lowest BCUT2D eigenvalue weighted by Crippen LogP contribution is -2.32. The van der Waals surface area contributed by atoms with E-state index in [1.165, 1.54) is 41.7 Å². The maximum atomic E-state index is 3.55. The lowest BCUT2D eigenvalue weighted by molar-refractivity contribution is 0.232. The average Bonchev–Trinajstić information content (AvgIpc) is 3.18. The Morgan fingerprint density at radius 1 is 1.24 bits per heavy atom. The van der Waals surface area contributed by atoms with E-state index in [9.17, 15) is 0 Å². The van der Waals surface area contributed by atoms with E-state index in [2.05, 4.69) is 53.4 Å². The summed E-state index contributed by atoms with van der Waals surface area (Å²) in [6.07, 6.45) is 3.32. The quantitative estimate of drug-likeness (QED) is 0.907. The van der Waals surface area contributed by atoms with Gasteiger partial charge in [0.1, 0.15) is 0 Å². The van der Waals surface area contributed by atoms with Crippen molar-refractivity contribution in [3.8, 4) is 0 Å². The molecule has 3 atom stereocenters. The molecule has 112 valence electrons. The Balaban J connectivity index is 1.60. The number of aromatic nitrogens is 1. The van der Waals surface area contributed by atoms with Crippen LogP contribution < -0.4 is 5.32 Å². The van der Waals surface area contributed by atoms with Crippen LogP contribution >= 0.6 is 0 Å². The number of aryl methyl sites for hydroxylation is 1. The number of H-pyrrole nitrogens is 1. The van der Waals surface area contributed by atoms with Gasteiger partial charge in [0.15, 0.2) is 0 Å². The van der Waals surface area contributed by atoms with Crippen LogP contribution in [-0.2, 0) is 13.0 Å². The highest BCUT2D eigenvalue weighted by molar-refractivity contribution is 5.86. The highest BCUT2D eigenvalue weighted by Gasteiger charge is 2.41. The molecule has 4 rings (SSSR count). The minimum atomic E-state index is 0.698. The summed E-state index contributed by atoms with van der Waals surface area (Å²) in [6, 6.07) is 7.40. The van der Waals surface area contributed by atoms with Crippen molar-refractivity contribution < 1.29 is 0 Å². The lowest BCUT2D eigenvalue weighted by atomic mass is 9.95. The predicted octanol–water partition coefficient (Wildman–Crippen LogP) is 2.77. The minimum Gasteiger partial charge on any atom is -0.361 e. The molecule has 2 N–H and O–H groups in total. The molecule has 3 nitrogen and oxygen atoms in total. The van der Waals surface area contributed by atoms with E-state index in [-0.39, 0.29) is 0 Å². The number of para-hydroxylation sites is 1. The summed E-state index contributed by atoms with van der Waals surface area (Å²) in [4.78, 5) is 6.19. The van der Waals surface area contributed by atoms with Crippen molar-refractivity contribution in [2.24, 2.45) is 11.8 Å². The Kier molecular flexibility index (Phi) is 3.27. The van der Waals surface area contributed by atoms with Gasteiger partial charge in [-0.05, 0) is 49.4 Å². The first kappa shape index (κ1) is 13.4. The topological polar surface area (TPSA) is 31.1 Å². The molecule has 0 spiro atoms. The molecule has 21 heavy (non-hydrogen) atoms. The van der Waals surface area contributed by atoms with Crippen LogP contribution in [0.5, 0.6) is 0 Å². The van der Waals surface area contributed by atoms with Crippen LogP contribution in [0, 0.1) is 11.8 Å². The third kappa shape index (κ3) is 2.11. The maximum absolute atomic E-state index is 3.55. The molecule has 0 radical (unpaired) electrons. The molecule has 0 saturated carbocycles. The Labute approximate surface area is 126 Å². The lowest BCUT2D eigenvalue weighted by Gasteiger charge is -2.24. The first-order valence-electron chi connectivity index (χ1n) is 8.30. The number of fused-ring (bicyclic) bond motifs is 2. The predicted molar refractivity (Wildman–Crippen MR) is 87.4 cm³/mol. The van der Waals surface area contributed by atoms with Gasteiger partial charge >= 0.3 is 0 Å². The van der Waals surface area contributed by atoms with Gasteiger partial charge in [-0.3, -0.25) is 4.90 Å². The molecular weight excluding hydrogens is 258 g/mol. The smallest absolute Gasteiger partial charge is 0.0489 e. The third-order valence-electron chi connectivity index (χ3n) is 5.70. The zero-order valence-electron chi connectivity index (χ0n) is 13.0. The van der Waals surface area contributed by atoms with Crippen LogP contribution in [0.1, 0.15) is 25.0 Å². The second-order valence-corrected chi connectivity index (χ2v) is 6.76. The molecular formula is C18H25N3. The normalized spacial score (nSPS) is 29.3. The summed E-state index contributed by atoms with van der Waals surface area (Å²) in [7, 11) is 0. The van der Waals surface area contributed by atoms with Crippen LogP contribution in [0.15, 0.2) is 24.4 Å². The van der Waals surface area contributed by atoms with Crippen molar-refractivity contribution in [3.05, 3.63) is 35.5 Å². The first-order chi connectivity index (χ1) is 10.3. The number of likely N-dealkylation sites (tertiary alicyclic amines) is 1. The Morgan fingerprint density at radius 2 is 2.14 bits per heavy atom. The van der Waals surface area contributed by atoms with E-state index in [1.807, 2.05) is 0 Å². The van der Waals surface area contributed by atoms with Crippen molar-refractivity contribution >= 4 is 10.9 Å². The van der Waals surface area contributed by atoms with Crippen molar-refractivity contribution in [2.75, 3.05) is 19.6 Å². The fourth-order valence-corrected chi connectivity index (χ4v) is 4.38. The summed E-state index contributed by atoms with van der Waals surface area (Å²) >= 11 is 0. The average molecular weight is 283 g/mol. The number of aromatic amines is 1. The monoisotopic (exact) mass is 283 g/mol. The van der Waals surface area contributed by atoms with Gasteiger partial charge in [0, 0.05) is 36.2 Å². The summed E-state index contributed by atoms with van der Waals surface area (Å²) in [6.45, 7) is 9.38. The van der Waals surface area contributed by atoms with Crippen LogP contribution in [0.25, 0.3) is 10.9 Å². The zero-order valence-corrected chi connectivity index (χ0v) is 13.0. The molecule has 2 aliphatic rings. The van der Waals surface area contributed by atoms with E-state index >= 15 is 0 Å². The maximum Gasteiger partial charge on any atom is 0.0489 e. The van der Waals surface area contributed by atoms with Gasteiger partial charge in [0.2, 0.25) is 0 Å². The standard InChI is InChI=1S/C18H25N3/c1-3-13-5-4-6-16-15(8-20-18(13)16)11-21-10-14-7-19-9-17(14)12(21)2/h4-6,8,12,14,17,19-20H,3,7,9-11H2,1-2H3. The fourth-order valence-electron chi connectivity index (χ4n) is 4.38. The number of benzene rings is 1. The van der Waals surface area contributed by atoms with Gasteiger partial charge in [-0.15, -0.1) is 0 Å². The number of hydrogen-bond donors (Lipinski definition) is 2. The van der Waals surface area contributed by atoms with Gasteiger partial charge in [0.25, 0.3) is 0 Å². The molecule has 3 heteroatoms. The Hall–Kier alpha value is -1.32. The second kappa shape index (κ2) is 5.15. The molecule has 2 aliphatic heterocycles. The molecule has 1 aromatic carbocycles. The first-order valence-corrected chi connectivity index (χ1v) is 8.30. The van der Waals surface area contributed by atoms with Crippen molar-refractivity contribution in [3.63, 3.8) is 0 Å². The van der Waals surface area contributed by atoms with Crippen LogP contribution in [0.2, 0.25) is 0 Å². The van der Waals surface area contributed by atoms with Gasteiger partial charge in [-0.2, -0.15) is 0 Å². The molecule has 2 aromatic rings. The number of rotatable bonds is 3. The highest BCUT2D eigenvalue weighted by Crippen LogP contribution is 2.34. The SMILES string of the molecule is CCc1cccc2c(CN3CC4CNCC4C3C)c[nH]c12. The molecule has 0 aliphatic carbocycles. The summed E-state index contributed by atoms with van der Waals surface area (Å²) in [5.41, 5.74) is 4.22. The van der Waals surface area contributed by atoms with Crippen LogP contribution in [-0.4, -0.2) is 35.6 Å². The second-order valence-electron chi connectivity index (χ2n) is 6.76. The van der Waals surface area contributed by atoms with Gasteiger partial charge < -0.3 is 10.3 Å².